The molecule has 1 aliphatic rings. The predicted molar refractivity (Wildman–Crippen MR) is 68.7 cm³/mol. The quantitative estimate of drug-likeness (QED) is 0.773. The molecular weight excluding hydrogens is 200 g/mol. The van der Waals surface area contributed by atoms with Gasteiger partial charge in [0.05, 0.1) is 6.10 Å². The van der Waals surface area contributed by atoms with Crippen LogP contribution in [0.3, 0.4) is 0 Å². The number of likely N-dealkylation sites (N-methyl/N-ethyl adjacent to an activating group) is 2. The van der Waals surface area contributed by atoms with Crippen molar-refractivity contribution in [3.8, 4) is 0 Å². The molecule has 1 aliphatic carbocycles. The van der Waals surface area contributed by atoms with Crippen molar-refractivity contribution >= 4 is 0 Å². The summed E-state index contributed by atoms with van der Waals surface area (Å²) in [7, 11) is 4.27. The third-order valence-electron chi connectivity index (χ3n) is 3.70. The van der Waals surface area contributed by atoms with Gasteiger partial charge in [0.25, 0.3) is 0 Å². The maximum absolute atomic E-state index is 9.54. The molecular formula is C13H28N2O. The summed E-state index contributed by atoms with van der Waals surface area (Å²) in [6, 6.07) is 1.29. The van der Waals surface area contributed by atoms with Crippen LogP contribution >= 0.6 is 0 Å². The van der Waals surface area contributed by atoms with Gasteiger partial charge in [0.2, 0.25) is 0 Å². The fourth-order valence-electron chi connectivity index (χ4n) is 2.95. The first-order chi connectivity index (χ1) is 7.54. The molecule has 1 rings (SSSR count). The number of aliphatic hydroxyl groups is 1. The zero-order valence-electron chi connectivity index (χ0n) is 11.3. The molecule has 0 amide bonds. The minimum atomic E-state index is -0.0425. The smallest absolute Gasteiger partial charge is 0.0541 e. The molecule has 0 spiro atoms. The molecule has 1 fully saturated rings. The highest BCUT2D eigenvalue weighted by molar-refractivity contribution is 4.82. The molecule has 0 aromatic carbocycles. The zero-order chi connectivity index (χ0) is 12.1. The second-order valence-electron chi connectivity index (χ2n) is 5.40. The van der Waals surface area contributed by atoms with Crippen molar-refractivity contribution in [1.82, 2.24) is 9.80 Å². The Labute approximate surface area is 100 Å². The van der Waals surface area contributed by atoms with E-state index in [0.717, 1.165) is 38.8 Å². The van der Waals surface area contributed by atoms with E-state index in [9.17, 15) is 5.11 Å². The Hall–Kier alpha value is -0.120. The van der Waals surface area contributed by atoms with Gasteiger partial charge in [-0.15, -0.1) is 0 Å². The largest absolute Gasteiger partial charge is 0.393 e. The third-order valence-corrected chi connectivity index (χ3v) is 3.70. The van der Waals surface area contributed by atoms with Gasteiger partial charge in [0.1, 0.15) is 0 Å². The molecule has 0 radical (unpaired) electrons. The Morgan fingerprint density at radius 2 is 1.75 bits per heavy atom. The minimum Gasteiger partial charge on any atom is -0.393 e. The van der Waals surface area contributed by atoms with Crippen LogP contribution in [0.15, 0.2) is 0 Å². The Morgan fingerprint density at radius 3 is 2.19 bits per heavy atom. The van der Waals surface area contributed by atoms with Crippen LogP contribution in [0.5, 0.6) is 0 Å². The zero-order valence-corrected chi connectivity index (χ0v) is 11.3. The number of hydrogen-bond donors (Lipinski definition) is 1. The summed E-state index contributed by atoms with van der Waals surface area (Å²) in [6.07, 6.45) is 4.24. The molecule has 3 nitrogen and oxygen atoms in total. The Kier molecular flexibility index (Phi) is 5.73. The summed E-state index contributed by atoms with van der Waals surface area (Å²) in [5.74, 6) is 0. The summed E-state index contributed by atoms with van der Waals surface area (Å²) in [5.41, 5.74) is 0. The molecule has 16 heavy (non-hydrogen) atoms. The number of rotatable bonds is 5. The van der Waals surface area contributed by atoms with Crippen LogP contribution < -0.4 is 0 Å². The topological polar surface area (TPSA) is 26.7 Å². The van der Waals surface area contributed by atoms with Crippen molar-refractivity contribution in [2.24, 2.45) is 0 Å². The van der Waals surface area contributed by atoms with Crippen LogP contribution in [-0.2, 0) is 0 Å². The van der Waals surface area contributed by atoms with Crippen molar-refractivity contribution in [2.75, 3.05) is 27.2 Å². The van der Waals surface area contributed by atoms with Crippen LogP contribution in [0.1, 0.15) is 39.5 Å². The summed E-state index contributed by atoms with van der Waals surface area (Å²) in [4.78, 5) is 4.86. The monoisotopic (exact) mass is 228 g/mol. The van der Waals surface area contributed by atoms with Crippen LogP contribution in [-0.4, -0.2) is 60.3 Å². The fourth-order valence-corrected chi connectivity index (χ4v) is 2.95. The summed E-state index contributed by atoms with van der Waals surface area (Å²) in [6.45, 7) is 6.80. The van der Waals surface area contributed by atoms with Crippen LogP contribution in [0, 0.1) is 0 Å². The molecule has 3 heteroatoms. The van der Waals surface area contributed by atoms with Crippen molar-refractivity contribution in [3.63, 3.8) is 0 Å². The van der Waals surface area contributed by atoms with Gasteiger partial charge in [-0.05, 0) is 53.2 Å². The highest BCUT2D eigenvalue weighted by Crippen LogP contribution is 2.24. The van der Waals surface area contributed by atoms with Crippen molar-refractivity contribution < 1.29 is 5.11 Å². The maximum Gasteiger partial charge on any atom is 0.0541 e. The Balaban J connectivity index is 2.46. The summed E-state index contributed by atoms with van der Waals surface area (Å²) in [5, 5.41) is 9.54. The van der Waals surface area contributed by atoms with E-state index < -0.39 is 0 Å². The lowest BCUT2D eigenvalue weighted by atomic mass is 9.91. The van der Waals surface area contributed by atoms with Crippen LogP contribution in [0.2, 0.25) is 0 Å². The second-order valence-corrected chi connectivity index (χ2v) is 5.40. The van der Waals surface area contributed by atoms with Gasteiger partial charge in [-0.1, -0.05) is 6.92 Å². The van der Waals surface area contributed by atoms with Crippen LogP contribution in [0.4, 0.5) is 0 Å². The summed E-state index contributed by atoms with van der Waals surface area (Å²) >= 11 is 0. The lowest BCUT2D eigenvalue weighted by Gasteiger charge is -2.39. The lowest BCUT2D eigenvalue weighted by Crippen LogP contribution is -2.47. The molecule has 1 unspecified atom stereocenters. The van der Waals surface area contributed by atoms with Gasteiger partial charge in [-0.2, -0.15) is 0 Å². The van der Waals surface area contributed by atoms with Crippen molar-refractivity contribution in [1.29, 1.82) is 0 Å². The molecule has 1 atom stereocenters. The van der Waals surface area contributed by atoms with Gasteiger partial charge in [-0.25, -0.2) is 0 Å². The minimum absolute atomic E-state index is 0.0425. The average molecular weight is 228 g/mol. The SMILES string of the molecule is CCN(C(C)CN(C)C)C1CCC(O)CC1. The van der Waals surface area contributed by atoms with Crippen molar-refractivity contribution in [3.05, 3.63) is 0 Å². The van der Waals surface area contributed by atoms with E-state index >= 15 is 0 Å². The lowest BCUT2D eigenvalue weighted by molar-refractivity contribution is 0.0523. The standard InChI is InChI=1S/C13H28N2O/c1-5-15(11(2)10-14(3)4)12-6-8-13(16)9-7-12/h11-13,16H,5-10H2,1-4H3. The second kappa shape index (κ2) is 6.58. The Bertz CT molecular complexity index is 188. The van der Waals surface area contributed by atoms with E-state index in [4.69, 9.17) is 0 Å². The molecule has 96 valence electrons. The van der Waals surface area contributed by atoms with Gasteiger partial charge in [0.15, 0.2) is 0 Å². The molecule has 0 saturated heterocycles. The Morgan fingerprint density at radius 1 is 1.19 bits per heavy atom. The van der Waals surface area contributed by atoms with Gasteiger partial charge >= 0.3 is 0 Å². The molecule has 0 aromatic rings. The molecule has 0 aliphatic heterocycles. The van der Waals surface area contributed by atoms with E-state index in [1.54, 1.807) is 0 Å². The van der Waals surface area contributed by atoms with Gasteiger partial charge in [0, 0.05) is 18.6 Å². The van der Waals surface area contributed by atoms with Crippen LogP contribution in [0.25, 0.3) is 0 Å². The first-order valence-electron chi connectivity index (χ1n) is 6.63. The predicted octanol–water partition coefficient (Wildman–Crippen LogP) is 1.56. The number of aliphatic hydroxyl groups excluding tert-OH is 1. The highest BCUT2D eigenvalue weighted by Gasteiger charge is 2.26. The number of nitrogens with zero attached hydrogens (tertiary/aromatic N) is 2. The molecule has 1 saturated carbocycles. The van der Waals surface area contributed by atoms with Gasteiger partial charge in [-0.3, -0.25) is 4.90 Å². The van der Waals surface area contributed by atoms with Crippen molar-refractivity contribution in [2.45, 2.75) is 57.7 Å². The van der Waals surface area contributed by atoms with Gasteiger partial charge < -0.3 is 10.0 Å². The molecule has 0 aromatic heterocycles. The van der Waals surface area contributed by atoms with E-state index in [0.29, 0.717) is 12.1 Å². The van der Waals surface area contributed by atoms with E-state index in [2.05, 4.69) is 37.7 Å². The maximum atomic E-state index is 9.54. The molecule has 0 heterocycles. The third kappa shape index (κ3) is 4.04. The first-order valence-corrected chi connectivity index (χ1v) is 6.63. The summed E-state index contributed by atoms with van der Waals surface area (Å²) < 4.78 is 0. The molecule has 1 N–H and O–H groups in total. The van der Waals surface area contributed by atoms with E-state index in [-0.39, 0.29) is 6.10 Å². The molecule has 0 bridgehead atoms. The van der Waals surface area contributed by atoms with E-state index in [1.165, 1.54) is 0 Å². The first kappa shape index (κ1) is 13.9. The number of hydrogen-bond acceptors (Lipinski definition) is 3. The fraction of sp³-hybridized carbons (Fsp3) is 1.00. The average Bonchev–Trinajstić information content (AvgIpc) is 2.21. The van der Waals surface area contributed by atoms with E-state index in [1.807, 2.05) is 0 Å². The normalized spacial score (nSPS) is 28.7. The highest BCUT2D eigenvalue weighted by atomic mass is 16.3.